The highest BCUT2D eigenvalue weighted by Gasteiger charge is 2.28. The van der Waals surface area contributed by atoms with Crippen molar-refractivity contribution in [3.63, 3.8) is 0 Å². The van der Waals surface area contributed by atoms with Crippen molar-refractivity contribution in [2.45, 2.75) is 19.6 Å². The first-order valence-electron chi connectivity index (χ1n) is 11.2. The van der Waals surface area contributed by atoms with Crippen LogP contribution in [0, 0.1) is 11.3 Å². The maximum Gasteiger partial charge on any atom is 0.405 e. The molecule has 0 atom stereocenters. The molecule has 1 fully saturated rings. The Balaban J connectivity index is 1.76. The maximum absolute atomic E-state index is 12.8. The molecule has 0 spiro atoms. The summed E-state index contributed by atoms with van der Waals surface area (Å²) in [6.07, 6.45) is -3.20. The number of nitrogens with one attached hydrogen (secondary N) is 2. The molecule has 36 heavy (non-hydrogen) atoms. The van der Waals surface area contributed by atoms with Gasteiger partial charge in [-0.2, -0.15) is 18.4 Å². The second-order valence-corrected chi connectivity index (χ2v) is 8.76. The highest BCUT2D eigenvalue weighted by atomic mass is 32.1. The van der Waals surface area contributed by atoms with E-state index in [1.165, 1.54) is 10.8 Å². The quantitative estimate of drug-likeness (QED) is 0.500. The van der Waals surface area contributed by atoms with Crippen LogP contribution < -0.4 is 30.1 Å². The number of ether oxygens (including phenoxy) is 2. The van der Waals surface area contributed by atoms with Gasteiger partial charge in [0.05, 0.1) is 13.2 Å². The number of halogens is 3. The summed E-state index contributed by atoms with van der Waals surface area (Å²) in [6, 6.07) is 8.76. The highest BCUT2D eigenvalue weighted by molar-refractivity contribution is 7.07. The average molecular weight is 526 g/mol. The molecule has 0 radical (unpaired) electrons. The third kappa shape index (κ3) is 7.58. The molecule has 1 saturated heterocycles. The van der Waals surface area contributed by atoms with E-state index < -0.39 is 29.8 Å². The second-order valence-electron chi connectivity index (χ2n) is 7.72. The lowest BCUT2D eigenvalue weighted by Crippen LogP contribution is -2.38. The summed E-state index contributed by atoms with van der Waals surface area (Å²) in [5.41, 5.74) is -0.388. The normalized spacial score (nSPS) is 15.8. The van der Waals surface area contributed by atoms with Crippen molar-refractivity contribution in [2.24, 2.45) is 0 Å². The Morgan fingerprint density at radius 2 is 2.08 bits per heavy atom. The van der Waals surface area contributed by atoms with E-state index in [1.807, 2.05) is 6.07 Å². The van der Waals surface area contributed by atoms with Crippen LogP contribution in [0.1, 0.15) is 6.92 Å². The molecule has 3 rings (SSSR count). The van der Waals surface area contributed by atoms with Crippen LogP contribution in [0.25, 0.3) is 11.8 Å². The Bertz CT molecular complexity index is 1280. The van der Waals surface area contributed by atoms with Gasteiger partial charge < -0.3 is 20.1 Å². The van der Waals surface area contributed by atoms with Crippen molar-refractivity contribution in [3.8, 4) is 11.8 Å². The van der Waals surface area contributed by atoms with Gasteiger partial charge in [-0.3, -0.25) is 19.1 Å². The SMILES string of the molecule is CCn1c(=C(C#N)C(=O)NCC(F)(F)F)sc(=CNc2cccc(OCCN3CCOCC3)c2)c1=O. The number of alkyl halides is 3. The van der Waals surface area contributed by atoms with Crippen molar-refractivity contribution >= 4 is 34.7 Å². The zero-order valence-electron chi connectivity index (χ0n) is 19.6. The molecule has 2 aromatic rings. The third-order valence-electron chi connectivity index (χ3n) is 5.21. The predicted molar refractivity (Wildman–Crippen MR) is 129 cm³/mol. The Labute approximate surface area is 209 Å². The minimum atomic E-state index is -4.63. The molecule has 0 unspecified atom stereocenters. The van der Waals surface area contributed by atoms with Gasteiger partial charge in [-0.05, 0) is 19.1 Å². The number of nitrogens with zero attached hydrogens (tertiary/aromatic N) is 3. The largest absolute Gasteiger partial charge is 0.492 e. The number of aromatic nitrogens is 1. The summed E-state index contributed by atoms with van der Waals surface area (Å²) >= 11 is 0.842. The van der Waals surface area contributed by atoms with Gasteiger partial charge in [0.25, 0.3) is 11.5 Å². The number of anilines is 1. The summed E-state index contributed by atoms with van der Waals surface area (Å²) < 4.78 is 49.9. The number of morpholine rings is 1. The molecule has 13 heteroatoms. The van der Waals surface area contributed by atoms with Crippen LogP contribution in [0.15, 0.2) is 29.1 Å². The van der Waals surface area contributed by atoms with Gasteiger partial charge in [-0.1, -0.05) is 6.07 Å². The zero-order chi connectivity index (χ0) is 26.1. The van der Waals surface area contributed by atoms with Crippen LogP contribution in [-0.4, -0.2) is 67.6 Å². The number of carbonyl (C=O) groups excluding carboxylic acids is 1. The van der Waals surface area contributed by atoms with E-state index in [0.29, 0.717) is 31.3 Å². The van der Waals surface area contributed by atoms with Crippen LogP contribution in [0.3, 0.4) is 0 Å². The molecule has 1 aliphatic rings. The third-order valence-corrected chi connectivity index (χ3v) is 6.34. The van der Waals surface area contributed by atoms with Gasteiger partial charge in [-0.25, -0.2) is 0 Å². The molecule has 1 amide bonds. The van der Waals surface area contributed by atoms with Gasteiger partial charge >= 0.3 is 6.18 Å². The first kappa shape index (κ1) is 27.3. The fourth-order valence-electron chi connectivity index (χ4n) is 3.40. The van der Waals surface area contributed by atoms with Crippen LogP contribution >= 0.6 is 11.3 Å². The van der Waals surface area contributed by atoms with E-state index in [1.54, 1.807) is 36.5 Å². The fourth-order valence-corrected chi connectivity index (χ4v) is 4.49. The molecular weight excluding hydrogens is 499 g/mol. The fraction of sp³-hybridized carbons (Fsp3) is 0.435. The van der Waals surface area contributed by atoms with E-state index in [-0.39, 0.29) is 15.7 Å². The molecule has 1 aromatic heterocycles. The summed E-state index contributed by atoms with van der Waals surface area (Å²) in [5, 5.41) is 14.1. The van der Waals surface area contributed by atoms with Crippen molar-refractivity contribution in [3.05, 3.63) is 43.8 Å². The molecule has 1 aliphatic heterocycles. The van der Waals surface area contributed by atoms with Gasteiger partial charge in [0.2, 0.25) is 0 Å². The number of rotatable bonds is 9. The standard InChI is InChI=1S/C23H26F3N5O4S/c1-2-31-21(33)19(36-22(31)18(13-27)20(32)29-15-23(24,25)26)14-28-16-4-3-5-17(12-16)35-11-8-30-6-9-34-10-7-30/h3-5,12,14,28H,2,6-11,15H2,1H3,(H,29,32). The van der Waals surface area contributed by atoms with Crippen LogP contribution in [-0.2, 0) is 16.1 Å². The lowest BCUT2D eigenvalue weighted by molar-refractivity contribution is -0.135. The average Bonchev–Trinajstić information content (AvgIpc) is 3.17. The lowest BCUT2D eigenvalue weighted by atomic mass is 10.3. The van der Waals surface area contributed by atoms with Gasteiger partial charge in [0.1, 0.15) is 34.2 Å². The number of hydrogen-bond donors (Lipinski definition) is 2. The van der Waals surface area contributed by atoms with Gasteiger partial charge in [0, 0.05) is 44.1 Å². The first-order chi connectivity index (χ1) is 17.2. The van der Waals surface area contributed by atoms with E-state index in [0.717, 1.165) is 31.0 Å². The monoisotopic (exact) mass is 525 g/mol. The molecule has 2 heterocycles. The first-order valence-corrected chi connectivity index (χ1v) is 12.0. The summed E-state index contributed by atoms with van der Waals surface area (Å²) in [4.78, 5) is 27.2. The van der Waals surface area contributed by atoms with Crippen molar-refractivity contribution in [1.29, 1.82) is 5.26 Å². The molecule has 9 nitrogen and oxygen atoms in total. The molecule has 0 aliphatic carbocycles. The molecule has 2 N–H and O–H groups in total. The molecule has 194 valence electrons. The predicted octanol–water partition coefficient (Wildman–Crippen LogP) is 0.844. The number of hydrogen-bond acceptors (Lipinski definition) is 8. The summed E-state index contributed by atoms with van der Waals surface area (Å²) in [6.45, 7) is 4.63. The van der Waals surface area contributed by atoms with Crippen molar-refractivity contribution in [2.75, 3.05) is 51.3 Å². The van der Waals surface area contributed by atoms with E-state index in [4.69, 9.17) is 9.47 Å². The minimum absolute atomic E-state index is 0.0158. The maximum atomic E-state index is 12.8. The number of thiazole rings is 1. The van der Waals surface area contributed by atoms with Gasteiger partial charge in [0.15, 0.2) is 5.57 Å². The minimum Gasteiger partial charge on any atom is -0.492 e. The molecule has 0 bridgehead atoms. The van der Waals surface area contributed by atoms with Crippen LogP contribution in [0.5, 0.6) is 5.75 Å². The van der Waals surface area contributed by atoms with E-state index >= 15 is 0 Å². The molecule has 1 aromatic carbocycles. The van der Waals surface area contributed by atoms with Crippen molar-refractivity contribution < 1.29 is 27.4 Å². The lowest BCUT2D eigenvalue weighted by Gasteiger charge is -2.26. The Morgan fingerprint density at radius 3 is 2.75 bits per heavy atom. The number of nitriles is 1. The van der Waals surface area contributed by atoms with Crippen LogP contribution in [0.2, 0.25) is 0 Å². The number of amides is 1. The molecular formula is C23H26F3N5O4S. The number of benzene rings is 1. The Kier molecular flexibility index (Phi) is 9.51. The Morgan fingerprint density at radius 1 is 1.33 bits per heavy atom. The van der Waals surface area contributed by atoms with E-state index in [9.17, 15) is 28.0 Å². The molecule has 0 saturated carbocycles. The van der Waals surface area contributed by atoms with Gasteiger partial charge in [-0.15, -0.1) is 11.3 Å². The summed E-state index contributed by atoms with van der Waals surface area (Å²) in [7, 11) is 0. The highest BCUT2D eigenvalue weighted by Crippen LogP contribution is 2.17. The Hall–Kier alpha value is -3.34. The number of carbonyl (C=O) groups is 1. The summed E-state index contributed by atoms with van der Waals surface area (Å²) in [5.74, 6) is -0.555. The topological polar surface area (TPSA) is 109 Å². The van der Waals surface area contributed by atoms with Crippen LogP contribution in [0.4, 0.5) is 18.9 Å². The van der Waals surface area contributed by atoms with E-state index in [2.05, 4.69) is 10.2 Å². The second kappa shape index (κ2) is 12.6. The van der Waals surface area contributed by atoms with Crippen molar-refractivity contribution in [1.82, 2.24) is 14.8 Å². The zero-order valence-corrected chi connectivity index (χ0v) is 20.4. The smallest absolute Gasteiger partial charge is 0.405 e.